The molecule has 0 aliphatic carbocycles. The van der Waals surface area contributed by atoms with E-state index in [2.05, 4.69) is 0 Å². The first-order valence-electron chi connectivity index (χ1n) is 8.98. The number of carbonyl (C=O) groups excluding carboxylic acids is 2. The standard InChI is InChI=1S/C20H24N2O6S/c1-5-27-19(24)10-18-22(11-17(21)23)20(25)16(29-18)9-13-6-7-14(28-12(2)3)15(8-13)26-4/h6-10,12H,5,11H2,1-4H3,(H2,21,23)/b16-9+,18-10+. The zero-order valence-electron chi connectivity index (χ0n) is 16.8. The molecule has 29 heavy (non-hydrogen) atoms. The molecule has 1 aromatic heterocycles. The number of methoxy groups -OCH3 is 1. The third-order valence-corrected chi connectivity index (χ3v) is 4.69. The molecule has 0 aliphatic rings. The van der Waals surface area contributed by atoms with E-state index in [9.17, 15) is 14.4 Å². The number of nitrogens with two attached hydrogens (primary N) is 1. The lowest BCUT2D eigenvalue weighted by Crippen LogP contribution is -2.36. The summed E-state index contributed by atoms with van der Waals surface area (Å²) in [5.74, 6) is -0.171. The Morgan fingerprint density at radius 1 is 1.28 bits per heavy atom. The van der Waals surface area contributed by atoms with Crippen molar-refractivity contribution >= 4 is 35.4 Å². The Hall–Kier alpha value is -3.07. The van der Waals surface area contributed by atoms with E-state index in [1.807, 2.05) is 13.8 Å². The van der Waals surface area contributed by atoms with Gasteiger partial charge in [0, 0.05) is 0 Å². The predicted molar refractivity (Wildman–Crippen MR) is 110 cm³/mol. The number of carbonyl (C=O) groups is 2. The van der Waals surface area contributed by atoms with Gasteiger partial charge in [0.15, 0.2) is 11.5 Å². The normalized spacial score (nSPS) is 12.3. The number of nitrogens with zero attached hydrogens (tertiary/aromatic N) is 1. The average Bonchev–Trinajstić information content (AvgIpc) is 2.91. The van der Waals surface area contributed by atoms with E-state index >= 15 is 0 Å². The highest BCUT2D eigenvalue weighted by atomic mass is 32.1. The van der Waals surface area contributed by atoms with Crippen LogP contribution in [0.15, 0.2) is 23.0 Å². The molecule has 0 aliphatic heterocycles. The molecule has 2 rings (SSSR count). The van der Waals surface area contributed by atoms with Crippen molar-refractivity contribution in [1.82, 2.24) is 4.57 Å². The second-order valence-corrected chi connectivity index (χ2v) is 7.34. The van der Waals surface area contributed by atoms with Crippen LogP contribution >= 0.6 is 11.3 Å². The summed E-state index contributed by atoms with van der Waals surface area (Å²) in [5, 5.41) is 0. The lowest BCUT2D eigenvalue weighted by Gasteiger charge is -2.13. The molecule has 0 atom stereocenters. The van der Waals surface area contributed by atoms with Crippen LogP contribution in [0.1, 0.15) is 26.3 Å². The minimum absolute atomic E-state index is 0.0157. The van der Waals surface area contributed by atoms with Crippen LogP contribution in [0.2, 0.25) is 0 Å². The van der Waals surface area contributed by atoms with E-state index in [1.165, 1.54) is 13.2 Å². The Morgan fingerprint density at radius 3 is 2.59 bits per heavy atom. The molecule has 9 heteroatoms. The molecule has 0 unspecified atom stereocenters. The predicted octanol–water partition coefficient (Wildman–Crippen LogP) is 0.363. The zero-order chi connectivity index (χ0) is 21.6. The fourth-order valence-corrected chi connectivity index (χ4v) is 3.54. The van der Waals surface area contributed by atoms with Crippen molar-refractivity contribution in [1.29, 1.82) is 0 Å². The van der Waals surface area contributed by atoms with Gasteiger partial charge in [-0.15, -0.1) is 11.3 Å². The molecule has 1 amide bonds. The summed E-state index contributed by atoms with van der Waals surface area (Å²) in [4.78, 5) is 35.9. The number of rotatable bonds is 8. The van der Waals surface area contributed by atoms with Crippen LogP contribution in [0.3, 0.4) is 0 Å². The van der Waals surface area contributed by atoms with E-state index in [-0.39, 0.29) is 23.9 Å². The Morgan fingerprint density at radius 2 is 2.00 bits per heavy atom. The SMILES string of the molecule is CCOC(=O)/C=c1/s/c(=C/c2ccc(OC(C)C)c(OC)c2)c(=O)n1CC(N)=O. The van der Waals surface area contributed by atoms with Gasteiger partial charge in [-0.2, -0.15) is 0 Å². The summed E-state index contributed by atoms with van der Waals surface area (Å²) in [5.41, 5.74) is 5.52. The number of esters is 1. The van der Waals surface area contributed by atoms with Gasteiger partial charge < -0.3 is 19.9 Å². The minimum atomic E-state index is -0.688. The number of aromatic nitrogens is 1. The molecule has 1 heterocycles. The largest absolute Gasteiger partial charge is 0.493 e. The highest BCUT2D eigenvalue weighted by Gasteiger charge is 2.11. The number of hydrogen-bond acceptors (Lipinski definition) is 7. The Kier molecular flexibility index (Phi) is 7.60. The number of primary amides is 1. The molecule has 0 spiro atoms. The van der Waals surface area contributed by atoms with Gasteiger partial charge in [-0.3, -0.25) is 14.2 Å². The van der Waals surface area contributed by atoms with Crippen LogP contribution in [0.5, 0.6) is 11.5 Å². The molecule has 0 saturated heterocycles. The van der Waals surface area contributed by atoms with E-state index in [0.717, 1.165) is 15.9 Å². The molecule has 0 bridgehead atoms. The molecule has 1 aromatic carbocycles. The quantitative estimate of drug-likeness (QED) is 0.618. The van der Waals surface area contributed by atoms with Gasteiger partial charge in [0.25, 0.3) is 5.56 Å². The van der Waals surface area contributed by atoms with Crippen molar-refractivity contribution in [3.05, 3.63) is 43.3 Å². The molecular formula is C20H24N2O6S. The summed E-state index contributed by atoms with van der Waals surface area (Å²) >= 11 is 1.06. The van der Waals surface area contributed by atoms with Gasteiger partial charge in [-0.05, 0) is 44.5 Å². The Bertz CT molecular complexity index is 1070. The lowest BCUT2D eigenvalue weighted by molar-refractivity contribution is -0.135. The number of hydrogen-bond donors (Lipinski definition) is 1. The number of benzene rings is 1. The molecule has 0 radical (unpaired) electrons. The monoisotopic (exact) mass is 420 g/mol. The average molecular weight is 420 g/mol. The van der Waals surface area contributed by atoms with Crippen LogP contribution in [-0.2, 0) is 20.9 Å². The van der Waals surface area contributed by atoms with Crippen LogP contribution in [0.4, 0.5) is 0 Å². The molecule has 156 valence electrons. The first-order valence-corrected chi connectivity index (χ1v) is 9.79. The van der Waals surface area contributed by atoms with E-state index in [4.69, 9.17) is 19.9 Å². The van der Waals surface area contributed by atoms with Crippen LogP contribution in [-0.4, -0.2) is 36.3 Å². The smallest absolute Gasteiger partial charge is 0.333 e. The van der Waals surface area contributed by atoms with Crippen LogP contribution in [0, 0.1) is 0 Å². The molecule has 8 nitrogen and oxygen atoms in total. The zero-order valence-corrected chi connectivity index (χ0v) is 17.6. The highest BCUT2D eigenvalue weighted by molar-refractivity contribution is 7.07. The first kappa shape index (κ1) is 22.2. The summed E-state index contributed by atoms with van der Waals surface area (Å²) < 4.78 is 17.7. The van der Waals surface area contributed by atoms with Crippen LogP contribution < -0.4 is 30.0 Å². The number of amides is 1. The van der Waals surface area contributed by atoms with Crippen LogP contribution in [0.25, 0.3) is 12.2 Å². The van der Waals surface area contributed by atoms with Crippen molar-refractivity contribution in [2.45, 2.75) is 33.4 Å². The maximum Gasteiger partial charge on any atom is 0.333 e. The van der Waals surface area contributed by atoms with Crippen molar-refractivity contribution in [3.8, 4) is 11.5 Å². The van der Waals surface area contributed by atoms with Crippen molar-refractivity contribution in [2.75, 3.05) is 13.7 Å². The van der Waals surface area contributed by atoms with Gasteiger partial charge in [-0.1, -0.05) is 6.07 Å². The van der Waals surface area contributed by atoms with E-state index < -0.39 is 17.4 Å². The van der Waals surface area contributed by atoms with E-state index in [0.29, 0.717) is 21.6 Å². The van der Waals surface area contributed by atoms with Gasteiger partial charge >= 0.3 is 5.97 Å². The second kappa shape index (κ2) is 9.92. The summed E-state index contributed by atoms with van der Waals surface area (Å²) in [6, 6.07) is 5.28. The van der Waals surface area contributed by atoms with Gasteiger partial charge in [0.05, 0.1) is 30.4 Å². The summed E-state index contributed by atoms with van der Waals surface area (Å²) in [6.45, 7) is 5.36. The van der Waals surface area contributed by atoms with Crippen molar-refractivity contribution < 1.29 is 23.8 Å². The Labute approximate surface area is 171 Å². The molecular weight excluding hydrogens is 396 g/mol. The van der Waals surface area contributed by atoms with E-state index in [1.54, 1.807) is 31.2 Å². The van der Waals surface area contributed by atoms with Gasteiger partial charge in [0.1, 0.15) is 11.2 Å². The first-order chi connectivity index (χ1) is 13.7. The summed E-state index contributed by atoms with van der Waals surface area (Å²) in [6.07, 6.45) is 2.81. The topological polar surface area (TPSA) is 110 Å². The third kappa shape index (κ3) is 5.95. The second-order valence-electron chi connectivity index (χ2n) is 6.28. The summed E-state index contributed by atoms with van der Waals surface area (Å²) in [7, 11) is 1.53. The molecule has 0 saturated carbocycles. The lowest BCUT2D eigenvalue weighted by atomic mass is 10.2. The van der Waals surface area contributed by atoms with Crippen molar-refractivity contribution in [2.24, 2.45) is 5.73 Å². The third-order valence-electron chi connectivity index (χ3n) is 3.63. The maximum atomic E-state index is 12.7. The molecule has 2 N–H and O–H groups in total. The minimum Gasteiger partial charge on any atom is -0.493 e. The fourth-order valence-electron chi connectivity index (χ4n) is 2.51. The number of ether oxygens (including phenoxy) is 3. The fraction of sp³-hybridized carbons (Fsp3) is 0.350. The number of thiazole rings is 1. The van der Waals surface area contributed by atoms with Gasteiger partial charge in [0.2, 0.25) is 5.91 Å². The molecule has 0 fully saturated rings. The maximum absolute atomic E-state index is 12.7. The van der Waals surface area contributed by atoms with Gasteiger partial charge in [-0.25, -0.2) is 4.79 Å². The Balaban J connectivity index is 2.58. The highest BCUT2D eigenvalue weighted by Crippen LogP contribution is 2.29. The van der Waals surface area contributed by atoms with Crippen molar-refractivity contribution in [3.63, 3.8) is 0 Å². The molecule has 2 aromatic rings.